The molecule has 0 aromatic heterocycles. The van der Waals surface area contributed by atoms with Crippen LogP contribution in [0.3, 0.4) is 0 Å². The summed E-state index contributed by atoms with van der Waals surface area (Å²) in [5.74, 6) is -0.540. The van der Waals surface area contributed by atoms with Gasteiger partial charge in [0, 0.05) is 12.3 Å². The molecule has 2 aliphatic rings. The molecule has 28 heavy (non-hydrogen) atoms. The van der Waals surface area contributed by atoms with Gasteiger partial charge < -0.3 is 4.74 Å². The second kappa shape index (κ2) is 10.1. The fraction of sp³-hybridized carbons (Fsp3) is 0.760. The van der Waals surface area contributed by atoms with Gasteiger partial charge in [-0.25, -0.2) is 8.78 Å². The predicted molar refractivity (Wildman–Crippen MR) is 112 cm³/mol. The molecule has 2 saturated carbocycles. The molecule has 0 amide bonds. The molecule has 0 saturated heterocycles. The molecule has 2 atom stereocenters. The number of benzene rings is 1. The second-order valence-electron chi connectivity index (χ2n) is 9.17. The van der Waals surface area contributed by atoms with Crippen molar-refractivity contribution in [2.45, 2.75) is 96.3 Å². The van der Waals surface area contributed by atoms with Gasteiger partial charge in [0.2, 0.25) is 0 Å². The molecule has 158 valence electrons. The Labute approximate surface area is 170 Å². The fourth-order valence-electron chi connectivity index (χ4n) is 5.45. The molecule has 3 rings (SSSR count). The number of ether oxygens (including phenoxy) is 1. The van der Waals surface area contributed by atoms with Crippen LogP contribution in [0.15, 0.2) is 24.3 Å². The Morgan fingerprint density at radius 2 is 1.57 bits per heavy atom. The molecule has 0 spiro atoms. The van der Waals surface area contributed by atoms with E-state index in [0.29, 0.717) is 18.3 Å². The first-order chi connectivity index (χ1) is 13.5. The number of halogens is 2. The highest BCUT2D eigenvalue weighted by Gasteiger charge is 2.46. The first-order valence-corrected chi connectivity index (χ1v) is 11.6. The third kappa shape index (κ3) is 5.48. The average Bonchev–Trinajstić information content (AvgIpc) is 2.70. The molecule has 1 aromatic rings. The van der Waals surface area contributed by atoms with Gasteiger partial charge in [0.25, 0.3) is 5.92 Å². The van der Waals surface area contributed by atoms with Crippen LogP contribution in [0.2, 0.25) is 0 Å². The van der Waals surface area contributed by atoms with Gasteiger partial charge >= 0.3 is 0 Å². The van der Waals surface area contributed by atoms with Gasteiger partial charge in [-0.3, -0.25) is 0 Å². The number of hydrogen-bond acceptors (Lipinski definition) is 1. The molecule has 0 N–H and O–H groups in total. The van der Waals surface area contributed by atoms with Gasteiger partial charge in [0.15, 0.2) is 0 Å². The van der Waals surface area contributed by atoms with Crippen molar-refractivity contribution >= 4 is 0 Å². The summed E-state index contributed by atoms with van der Waals surface area (Å²) in [4.78, 5) is 0. The minimum absolute atomic E-state index is 0.136. The first kappa shape index (κ1) is 21.6. The summed E-state index contributed by atoms with van der Waals surface area (Å²) >= 11 is 0. The van der Waals surface area contributed by atoms with E-state index in [4.69, 9.17) is 4.74 Å². The van der Waals surface area contributed by atoms with Gasteiger partial charge in [0.1, 0.15) is 5.75 Å². The third-order valence-electron chi connectivity index (χ3n) is 7.21. The number of alkyl halides is 2. The Bertz CT molecular complexity index is 575. The standard InChI is InChI=1S/C25H38F2O/c1-3-5-17-28-24-15-12-20(13-16-24)19-7-9-21(10-8-19)22-11-14-23(6-4-2)25(26,27)18-22/h12-13,15-16,19,21-23H,3-11,14,17-18H2,1-2H3. The van der Waals surface area contributed by atoms with E-state index in [9.17, 15) is 8.78 Å². The van der Waals surface area contributed by atoms with Crippen LogP contribution in [0.25, 0.3) is 0 Å². The van der Waals surface area contributed by atoms with Gasteiger partial charge in [-0.15, -0.1) is 0 Å². The quantitative estimate of drug-likeness (QED) is 0.407. The maximum absolute atomic E-state index is 14.5. The molecule has 1 nitrogen and oxygen atoms in total. The molecule has 2 fully saturated rings. The summed E-state index contributed by atoms with van der Waals surface area (Å²) in [6, 6.07) is 8.59. The Balaban J connectivity index is 1.48. The Hall–Kier alpha value is -1.12. The SMILES string of the molecule is CCCCOc1ccc(C2CCC(C3CCC(CCC)C(F)(F)C3)CC2)cc1. The van der Waals surface area contributed by atoms with Crippen LogP contribution in [0.4, 0.5) is 8.78 Å². The molecule has 2 unspecified atom stereocenters. The largest absolute Gasteiger partial charge is 0.494 e. The molecular formula is C25H38F2O. The molecule has 0 aliphatic heterocycles. The Kier molecular flexibility index (Phi) is 7.77. The third-order valence-corrected chi connectivity index (χ3v) is 7.21. The van der Waals surface area contributed by atoms with E-state index in [2.05, 4.69) is 31.2 Å². The lowest BCUT2D eigenvalue weighted by Crippen LogP contribution is -2.38. The van der Waals surface area contributed by atoms with Crippen molar-refractivity contribution in [1.29, 1.82) is 0 Å². The lowest BCUT2D eigenvalue weighted by Gasteiger charge is -2.41. The van der Waals surface area contributed by atoms with Crippen LogP contribution >= 0.6 is 0 Å². The second-order valence-corrected chi connectivity index (χ2v) is 9.17. The van der Waals surface area contributed by atoms with Crippen molar-refractivity contribution in [1.82, 2.24) is 0 Å². The van der Waals surface area contributed by atoms with Crippen LogP contribution in [-0.4, -0.2) is 12.5 Å². The van der Waals surface area contributed by atoms with Gasteiger partial charge in [-0.1, -0.05) is 38.8 Å². The van der Waals surface area contributed by atoms with E-state index in [0.717, 1.165) is 70.1 Å². The van der Waals surface area contributed by atoms with E-state index in [1.807, 2.05) is 6.92 Å². The first-order valence-electron chi connectivity index (χ1n) is 11.6. The minimum Gasteiger partial charge on any atom is -0.494 e. The van der Waals surface area contributed by atoms with E-state index in [1.165, 1.54) is 5.56 Å². The number of unbranched alkanes of at least 4 members (excludes halogenated alkanes) is 1. The van der Waals surface area contributed by atoms with Crippen molar-refractivity contribution < 1.29 is 13.5 Å². The van der Waals surface area contributed by atoms with E-state index in [1.54, 1.807) is 0 Å². The Morgan fingerprint density at radius 1 is 0.893 bits per heavy atom. The highest BCUT2D eigenvalue weighted by Crippen LogP contribution is 2.49. The summed E-state index contributed by atoms with van der Waals surface area (Å²) < 4.78 is 34.8. The van der Waals surface area contributed by atoms with Crippen LogP contribution < -0.4 is 4.74 Å². The van der Waals surface area contributed by atoms with Crippen molar-refractivity contribution in [2.75, 3.05) is 6.61 Å². The summed E-state index contributed by atoms with van der Waals surface area (Å²) in [5.41, 5.74) is 1.39. The molecule has 3 heteroatoms. The zero-order chi connectivity index (χ0) is 20.0. The minimum atomic E-state index is -2.44. The van der Waals surface area contributed by atoms with Gasteiger partial charge in [-0.05, 0) is 86.8 Å². The molecule has 1 aromatic carbocycles. The highest BCUT2D eigenvalue weighted by atomic mass is 19.3. The zero-order valence-electron chi connectivity index (χ0n) is 17.8. The monoisotopic (exact) mass is 392 g/mol. The van der Waals surface area contributed by atoms with Crippen LogP contribution in [-0.2, 0) is 0 Å². The number of rotatable bonds is 8. The normalized spacial score (nSPS) is 30.1. The molecule has 0 bridgehead atoms. The maximum Gasteiger partial charge on any atom is 0.251 e. The van der Waals surface area contributed by atoms with Crippen molar-refractivity contribution in [3.05, 3.63) is 29.8 Å². The molecule has 2 aliphatic carbocycles. The highest BCUT2D eigenvalue weighted by molar-refractivity contribution is 5.29. The van der Waals surface area contributed by atoms with Crippen LogP contribution in [0, 0.1) is 17.8 Å². The summed E-state index contributed by atoms with van der Waals surface area (Å²) in [5, 5.41) is 0. The van der Waals surface area contributed by atoms with Gasteiger partial charge in [0.05, 0.1) is 6.61 Å². The number of hydrogen-bond donors (Lipinski definition) is 0. The Morgan fingerprint density at radius 3 is 2.18 bits per heavy atom. The van der Waals surface area contributed by atoms with Gasteiger partial charge in [-0.2, -0.15) is 0 Å². The molecule has 0 heterocycles. The van der Waals surface area contributed by atoms with Crippen LogP contribution in [0.1, 0.15) is 96.0 Å². The van der Waals surface area contributed by atoms with E-state index < -0.39 is 5.92 Å². The van der Waals surface area contributed by atoms with E-state index >= 15 is 0 Å². The zero-order valence-corrected chi connectivity index (χ0v) is 17.8. The average molecular weight is 393 g/mol. The lowest BCUT2D eigenvalue weighted by atomic mass is 9.67. The summed E-state index contributed by atoms with van der Waals surface area (Å²) in [7, 11) is 0. The lowest BCUT2D eigenvalue weighted by molar-refractivity contribution is -0.114. The predicted octanol–water partition coefficient (Wildman–Crippen LogP) is 7.99. The topological polar surface area (TPSA) is 9.23 Å². The van der Waals surface area contributed by atoms with E-state index in [-0.39, 0.29) is 18.3 Å². The summed E-state index contributed by atoms with van der Waals surface area (Å²) in [6.07, 6.45) is 10.2. The fourth-order valence-corrected chi connectivity index (χ4v) is 5.45. The van der Waals surface area contributed by atoms with Crippen LogP contribution in [0.5, 0.6) is 5.75 Å². The molecule has 0 radical (unpaired) electrons. The van der Waals surface area contributed by atoms with Crippen molar-refractivity contribution in [2.24, 2.45) is 17.8 Å². The summed E-state index contributed by atoms with van der Waals surface area (Å²) in [6.45, 7) is 4.97. The molecular weight excluding hydrogens is 354 g/mol. The smallest absolute Gasteiger partial charge is 0.251 e. The maximum atomic E-state index is 14.5. The van der Waals surface area contributed by atoms with Crippen molar-refractivity contribution in [3.63, 3.8) is 0 Å². The van der Waals surface area contributed by atoms with Crippen molar-refractivity contribution in [3.8, 4) is 5.75 Å².